The number of aliphatic hydroxyl groups is 1. The van der Waals surface area contributed by atoms with Gasteiger partial charge in [-0.05, 0) is 70.0 Å². The Morgan fingerprint density at radius 2 is 1.55 bits per heavy atom. The molecule has 3 saturated heterocycles. The van der Waals surface area contributed by atoms with E-state index in [1.165, 1.54) is 4.90 Å². The van der Waals surface area contributed by atoms with Crippen LogP contribution in [-0.2, 0) is 19.1 Å². The minimum absolute atomic E-state index is 0.222. The molecule has 2 unspecified atom stereocenters. The second-order valence-electron chi connectivity index (χ2n) is 11.8. The lowest BCUT2D eigenvalue weighted by Gasteiger charge is -2.38. The highest BCUT2D eigenvalue weighted by molar-refractivity contribution is 6.06. The number of hydrogen-bond donors (Lipinski definition) is 1. The van der Waals surface area contributed by atoms with Crippen LogP contribution in [-0.4, -0.2) is 84.3 Å². The topological polar surface area (TPSA) is 93.6 Å². The minimum atomic E-state index is -1.18. The number of anilines is 3. The molecule has 2 aromatic rings. The molecule has 6 atom stereocenters. The standard InChI is InChI=1S/C35H44N4O5/c1-6-21-37(26-13-11-10-12-14-26)32(41)29-28-19-20-35(44-28)30(29)33(42)39(24(5)23-40)31(35)34(43)38(22-7-2)27-17-15-25(16-18-27)36(8-3)9-4/h6-7,10-18,24,28-31,40H,1-2,8-9,19-23H2,3-5H3/t24-,28-,29+,30+,31?,35?/m1/s1. The van der Waals surface area contributed by atoms with Crippen LogP contribution in [0.25, 0.3) is 0 Å². The Bertz CT molecular complexity index is 1380. The van der Waals surface area contributed by atoms with E-state index >= 15 is 0 Å². The van der Waals surface area contributed by atoms with Crippen molar-refractivity contribution in [2.24, 2.45) is 11.8 Å². The molecule has 3 heterocycles. The van der Waals surface area contributed by atoms with Gasteiger partial charge >= 0.3 is 0 Å². The molecule has 5 rings (SSSR count). The van der Waals surface area contributed by atoms with E-state index in [0.29, 0.717) is 24.2 Å². The van der Waals surface area contributed by atoms with Gasteiger partial charge in [0, 0.05) is 43.2 Å². The van der Waals surface area contributed by atoms with Gasteiger partial charge in [-0.2, -0.15) is 0 Å². The first kappa shape index (κ1) is 31.5. The van der Waals surface area contributed by atoms with E-state index in [4.69, 9.17) is 4.74 Å². The lowest BCUT2D eigenvalue weighted by atomic mass is 9.70. The molecule has 2 aromatic carbocycles. The minimum Gasteiger partial charge on any atom is -0.394 e. The van der Waals surface area contributed by atoms with Gasteiger partial charge in [-0.25, -0.2) is 0 Å². The molecule has 0 aliphatic carbocycles. The van der Waals surface area contributed by atoms with Crippen LogP contribution < -0.4 is 14.7 Å². The zero-order valence-corrected chi connectivity index (χ0v) is 26.0. The van der Waals surface area contributed by atoms with Gasteiger partial charge in [0.15, 0.2) is 0 Å². The van der Waals surface area contributed by atoms with Gasteiger partial charge in [0.2, 0.25) is 11.8 Å². The molecule has 3 aliphatic rings. The predicted molar refractivity (Wildman–Crippen MR) is 173 cm³/mol. The summed E-state index contributed by atoms with van der Waals surface area (Å²) in [6.07, 6.45) is 3.86. The van der Waals surface area contributed by atoms with Crippen LogP contribution in [0.4, 0.5) is 17.1 Å². The third-order valence-electron chi connectivity index (χ3n) is 9.51. The van der Waals surface area contributed by atoms with E-state index in [1.807, 2.05) is 54.6 Å². The summed E-state index contributed by atoms with van der Waals surface area (Å²) in [5.41, 5.74) is 1.26. The maximum atomic E-state index is 14.7. The van der Waals surface area contributed by atoms with E-state index in [1.54, 1.807) is 28.9 Å². The highest BCUT2D eigenvalue weighted by atomic mass is 16.5. The SMILES string of the molecule is C=CCN(C(=O)C1N([C@H](C)CO)C(=O)[C@@H]2[C@@H](C(=O)N(CC=C)c3ccccc3)[C@H]3CCC12O3)c1ccc(N(CC)CC)cc1. The zero-order valence-electron chi connectivity index (χ0n) is 26.0. The third kappa shape index (κ3) is 5.12. The van der Waals surface area contributed by atoms with Gasteiger partial charge in [0.05, 0.1) is 30.6 Å². The van der Waals surface area contributed by atoms with Gasteiger partial charge < -0.3 is 29.4 Å². The molecule has 1 spiro atoms. The Hall–Kier alpha value is -3.95. The predicted octanol–water partition coefficient (Wildman–Crippen LogP) is 4.03. The highest BCUT2D eigenvalue weighted by Gasteiger charge is 2.75. The molecule has 0 saturated carbocycles. The molecule has 1 N–H and O–H groups in total. The van der Waals surface area contributed by atoms with Crippen LogP contribution in [0.2, 0.25) is 0 Å². The zero-order chi connectivity index (χ0) is 31.6. The number of carbonyl (C=O) groups is 3. The number of hydrogen-bond acceptors (Lipinski definition) is 6. The van der Waals surface area contributed by atoms with Crippen LogP contribution in [0.1, 0.15) is 33.6 Å². The van der Waals surface area contributed by atoms with Crippen LogP contribution >= 0.6 is 0 Å². The molecule has 234 valence electrons. The molecular weight excluding hydrogens is 556 g/mol. The van der Waals surface area contributed by atoms with Crippen molar-refractivity contribution in [1.82, 2.24) is 4.90 Å². The maximum Gasteiger partial charge on any atom is 0.253 e. The van der Waals surface area contributed by atoms with E-state index in [0.717, 1.165) is 18.8 Å². The first-order valence-electron chi connectivity index (χ1n) is 15.6. The lowest BCUT2D eigenvalue weighted by Crippen LogP contribution is -2.58. The summed E-state index contributed by atoms with van der Waals surface area (Å²) in [7, 11) is 0. The van der Waals surface area contributed by atoms with E-state index in [-0.39, 0.29) is 37.4 Å². The summed E-state index contributed by atoms with van der Waals surface area (Å²) >= 11 is 0. The van der Waals surface area contributed by atoms with Crippen molar-refractivity contribution in [2.75, 3.05) is 47.5 Å². The number of nitrogens with zero attached hydrogens (tertiary/aromatic N) is 4. The van der Waals surface area contributed by atoms with Gasteiger partial charge in [-0.1, -0.05) is 30.4 Å². The normalized spacial score (nSPS) is 25.8. The Balaban J connectivity index is 1.54. The van der Waals surface area contributed by atoms with Crippen LogP contribution in [0.15, 0.2) is 79.9 Å². The Labute approximate surface area is 260 Å². The third-order valence-corrected chi connectivity index (χ3v) is 9.51. The summed E-state index contributed by atoms with van der Waals surface area (Å²) in [6.45, 7) is 15.6. The molecule has 0 radical (unpaired) electrons. The molecular formula is C35H44N4O5. The first-order chi connectivity index (χ1) is 21.3. The van der Waals surface area contributed by atoms with Crippen LogP contribution in [0.3, 0.4) is 0 Å². The second-order valence-corrected chi connectivity index (χ2v) is 11.8. The molecule has 44 heavy (non-hydrogen) atoms. The highest BCUT2D eigenvalue weighted by Crippen LogP contribution is 2.59. The van der Waals surface area contributed by atoms with Crippen molar-refractivity contribution >= 4 is 34.8 Å². The lowest BCUT2D eigenvalue weighted by molar-refractivity contribution is -0.143. The van der Waals surface area contributed by atoms with Gasteiger partial charge in [0.1, 0.15) is 11.6 Å². The average Bonchev–Trinajstić information content (AvgIpc) is 3.70. The molecule has 9 heteroatoms. The fourth-order valence-corrected chi connectivity index (χ4v) is 7.49. The van der Waals surface area contributed by atoms with E-state index in [2.05, 4.69) is 31.9 Å². The summed E-state index contributed by atoms with van der Waals surface area (Å²) < 4.78 is 6.66. The second kappa shape index (κ2) is 13.0. The largest absolute Gasteiger partial charge is 0.394 e. The van der Waals surface area contributed by atoms with Crippen molar-refractivity contribution in [3.63, 3.8) is 0 Å². The number of ether oxygens (including phenoxy) is 1. The number of rotatable bonds is 13. The van der Waals surface area contributed by atoms with Crippen molar-refractivity contribution in [1.29, 1.82) is 0 Å². The van der Waals surface area contributed by atoms with Crippen molar-refractivity contribution in [3.05, 3.63) is 79.9 Å². The number of carbonyl (C=O) groups excluding carboxylic acids is 3. The number of para-hydroxylation sites is 1. The smallest absolute Gasteiger partial charge is 0.253 e. The monoisotopic (exact) mass is 600 g/mol. The summed E-state index contributed by atoms with van der Waals surface area (Å²) in [5, 5.41) is 10.2. The summed E-state index contributed by atoms with van der Waals surface area (Å²) in [4.78, 5) is 50.3. The number of aliphatic hydroxyl groups excluding tert-OH is 1. The number of fused-ring (bicyclic) bond motifs is 1. The number of amides is 3. The van der Waals surface area contributed by atoms with Crippen LogP contribution in [0, 0.1) is 11.8 Å². The first-order valence-corrected chi connectivity index (χ1v) is 15.6. The summed E-state index contributed by atoms with van der Waals surface area (Å²) in [6, 6.07) is 15.5. The van der Waals surface area contributed by atoms with Crippen molar-refractivity contribution < 1.29 is 24.2 Å². The molecule has 3 fully saturated rings. The van der Waals surface area contributed by atoms with Crippen LogP contribution in [0.5, 0.6) is 0 Å². The van der Waals surface area contributed by atoms with Crippen molar-refractivity contribution in [2.45, 2.75) is 57.4 Å². The number of benzene rings is 2. The molecule has 3 amide bonds. The molecule has 0 aromatic heterocycles. The van der Waals surface area contributed by atoms with Gasteiger partial charge in [-0.15, -0.1) is 13.2 Å². The van der Waals surface area contributed by atoms with E-state index < -0.39 is 35.6 Å². The maximum absolute atomic E-state index is 14.7. The number of likely N-dealkylation sites (tertiary alicyclic amines) is 1. The van der Waals surface area contributed by atoms with Gasteiger partial charge in [0.25, 0.3) is 5.91 Å². The van der Waals surface area contributed by atoms with E-state index in [9.17, 15) is 19.5 Å². The Kier molecular flexibility index (Phi) is 9.27. The van der Waals surface area contributed by atoms with Crippen molar-refractivity contribution in [3.8, 4) is 0 Å². The van der Waals surface area contributed by atoms with Gasteiger partial charge in [-0.3, -0.25) is 14.4 Å². The molecule has 3 aliphatic heterocycles. The fraction of sp³-hybridized carbons (Fsp3) is 0.457. The summed E-state index contributed by atoms with van der Waals surface area (Å²) in [5.74, 6) is -2.46. The quantitative estimate of drug-likeness (QED) is 0.349. The molecule has 9 nitrogen and oxygen atoms in total. The fourth-order valence-electron chi connectivity index (χ4n) is 7.49. The Morgan fingerprint density at radius 1 is 0.977 bits per heavy atom. The average molecular weight is 601 g/mol. The molecule has 2 bridgehead atoms. The Morgan fingerprint density at radius 3 is 2.11 bits per heavy atom.